The summed E-state index contributed by atoms with van der Waals surface area (Å²) in [5, 5.41) is 5.03. The summed E-state index contributed by atoms with van der Waals surface area (Å²) in [6.45, 7) is 3.86. The Balaban J connectivity index is 2.58. The van der Waals surface area contributed by atoms with Crippen LogP contribution in [0.25, 0.3) is 0 Å². The van der Waals surface area contributed by atoms with Gasteiger partial charge in [0.15, 0.2) is 0 Å². The Bertz CT molecular complexity index is 479. The zero-order chi connectivity index (χ0) is 13.8. The third-order valence-electron chi connectivity index (χ3n) is 2.28. The predicted octanol–water partition coefficient (Wildman–Crippen LogP) is 1.39. The Morgan fingerprint density at radius 3 is 2.11 bits per heavy atom. The van der Waals surface area contributed by atoms with Crippen molar-refractivity contribution in [3.63, 3.8) is 0 Å². The molecule has 1 aromatic rings. The van der Waals surface area contributed by atoms with Gasteiger partial charge in [0.1, 0.15) is 11.5 Å². The molecule has 0 bridgehead atoms. The van der Waals surface area contributed by atoms with Gasteiger partial charge in [-0.2, -0.15) is 0 Å². The van der Waals surface area contributed by atoms with Gasteiger partial charge in [-0.05, 0) is 24.3 Å². The molecule has 0 amide bonds. The number of hydrogen-bond acceptors (Lipinski definition) is 4. The summed E-state index contributed by atoms with van der Waals surface area (Å²) in [7, 11) is -1.91. The van der Waals surface area contributed by atoms with Crippen molar-refractivity contribution in [2.75, 3.05) is 19.5 Å². The van der Waals surface area contributed by atoms with Crippen LogP contribution in [0.3, 0.4) is 0 Å². The maximum atomic E-state index is 11.0. The molecule has 0 aliphatic rings. The number of ether oxygens (including phenoxy) is 2. The van der Waals surface area contributed by atoms with E-state index in [0.717, 1.165) is 5.75 Å². The lowest BCUT2D eigenvalue weighted by atomic mass is 9.98. The van der Waals surface area contributed by atoms with E-state index in [4.69, 9.17) is 14.6 Å². The lowest BCUT2D eigenvalue weighted by molar-refractivity contribution is 0.199. The van der Waals surface area contributed by atoms with Crippen LogP contribution in [-0.2, 0) is 10.0 Å². The fraction of sp³-hybridized carbons (Fsp3) is 0.500. The minimum Gasteiger partial charge on any atom is -0.497 e. The molecule has 2 N–H and O–H groups in total. The maximum absolute atomic E-state index is 11.0. The SMILES string of the molecule is COc1ccc(OCC(C)(C)CS(N)(=O)=O)cc1. The van der Waals surface area contributed by atoms with E-state index >= 15 is 0 Å². The molecule has 102 valence electrons. The average Bonchev–Trinajstić information content (AvgIpc) is 2.24. The van der Waals surface area contributed by atoms with E-state index in [2.05, 4.69) is 0 Å². The van der Waals surface area contributed by atoms with Crippen LogP contribution in [0.5, 0.6) is 11.5 Å². The summed E-state index contributed by atoms with van der Waals surface area (Å²) in [6, 6.07) is 7.10. The number of hydrogen-bond donors (Lipinski definition) is 1. The topological polar surface area (TPSA) is 78.6 Å². The first-order chi connectivity index (χ1) is 8.22. The van der Waals surface area contributed by atoms with Crippen LogP contribution in [0.15, 0.2) is 24.3 Å². The predicted molar refractivity (Wildman–Crippen MR) is 70.2 cm³/mol. The van der Waals surface area contributed by atoms with Crippen molar-refractivity contribution in [2.45, 2.75) is 13.8 Å². The number of nitrogens with two attached hydrogens (primary N) is 1. The van der Waals surface area contributed by atoms with Crippen LogP contribution in [0.1, 0.15) is 13.8 Å². The smallest absolute Gasteiger partial charge is 0.209 e. The van der Waals surface area contributed by atoms with Crippen molar-refractivity contribution in [3.05, 3.63) is 24.3 Å². The van der Waals surface area contributed by atoms with Gasteiger partial charge in [-0.3, -0.25) is 0 Å². The van der Waals surface area contributed by atoms with Crippen LogP contribution >= 0.6 is 0 Å². The van der Waals surface area contributed by atoms with E-state index in [-0.39, 0.29) is 12.4 Å². The maximum Gasteiger partial charge on any atom is 0.209 e. The highest BCUT2D eigenvalue weighted by Crippen LogP contribution is 2.22. The van der Waals surface area contributed by atoms with Crippen LogP contribution in [0.4, 0.5) is 0 Å². The molecule has 6 heteroatoms. The molecule has 0 aliphatic heterocycles. The highest BCUT2D eigenvalue weighted by atomic mass is 32.2. The molecule has 1 aromatic carbocycles. The van der Waals surface area contributed by atoms with Gasteiger partial charge in [0.25, 0.3) is 0 Å². The lowest BCUT2D eigenvalue weighted by Gasteiger charge is -2.23. The first kappa shape index (κ1) is 14.8. The summed E-state index contributed by atoms with van der Waals surface area (Å²) in [4.78, 5) is 0. The van der Waals surface area contributed by atoms with Gasteiger partial charge in [0.05, 0.1) is 19.5 Å². The standard InChI is InChI=1S/C12H19NO4S/c1-12(2,9-18(13,14)15)8-17-11-6-4-10(16-3)5-7-11/h4-7H,8-9H2,1-3H3,(H2,13,14,15). The second kappa shape index (κ2) is 5.58. The van der Waals surface area contributed by atoms with E-state index in [0.29, 0.717) is 5.75 Å². The van der Waals surface area contributed by atoms with Crippen LogP contribution in [0, 0.1) is 5.41 Å². The Morgan fingerprint density at radius 2 is 1.67 bits per heavy atom. The number of sulfonamides is 1. The van der Waals surface area contributed by atoms with Gasteiger partial charge in [0.2, 0.25) is 10.0 Å². The van der Waals surface area contributed by atoms with Crippen LogP contribution in [0.2, 0.25) is 0 Å². The molecule has 0 aromatic heterocycles. The average molecular weight is 273 g/mol. The minimum atomic E-state index is -3.50. The molecule has 0 unspecified atom stereocenters. The largest absolute Gasteiger partial charge is 0.497 e. The molecule has 0 saturated carbocycles. The van der Waals surface area contributed by atoms with E-state index < -0.39 is 15.4 Å². The zero-order valence-electron chi connectivity index (χ0n) is 10.8. The summed E-state index contributed by atoms with van der Waals surface area (Å²) >= 11 is 0. The number of benzene rings is 1. The van der Waals surface area contributed by atoms with E-state index in [1.165, 1.54) is 0 Å². The van der Waals surface area contributed by atoms with Crippen molar-refractivity contribution < 1.29 is 17.9 Å². The molecule has 0 fully saturated rings. The molecule has 18 heavy (non-hydrogen) atoms. The van der Waals surface area contributed by atoms with E-state index in [1.807, 2.05) is 0 Å². The van der Waals surface area contributed by atoms with Gasteiger partial charge in [0, 0.05) is 5.41 Å². The Kier molecular flexibility index (Phi) is 4.59. The van der Waals surface area contributed by atoms with Gasteiger partial charge < -0.3 is 9.47 Å². The number of methoxy groups -OCH3 is 1. The van der Waals surface area contributed by atoms with Gasteiger partial charge in [-0.15, -0.1) is 0 Å². The van der Waals surface area contributed by atoms with Gasteiger partial charge in [-0.1, -0.05) is 13.8 Å². The summed E-state index contributed by atoms with van der Waals surface area (Å²) in [5.74, 6) is 1.29. The van der Waals surface area contributed by atoms with Crippen molar-refractivity contribution in [3.8, 4) is 11.5 Å². The highest BCUT2D eigenvalue weighted by molar-refractivity contribution is 7.89. The second-order valence-corrected chi connectivity index (χ2v) is 6.55. The first-order valence-electron chi connectivity index (χ1n) is 5.49. The summed E-state index contributed by atoms with van der Waals surface area (Å²) < 4.78 is 32.7. The molecule has 0 saturated heterocycles. The van der Waals surface area contributed by atoms with Crippen LogP contribution in [-0.4, -0.2) is 27.9 Å². The molecule has 0 aliphatic carbocycles. The molecule has 0 atom stereocenters. The zero-order valence-corrected chi connectivity index (χ0v) is 11.7. The van der Waals surface area contributed by atoms with Crippen molar-refractivity contribution in [2.24, 2.45) is 10.6 Å². The van der Waals surface area contributed by atoms with E-state index in [1.54, 1.807) is 45.2 Å². The fourth-order valence-corrected chi connectivity index (χ4v) is 2.71. The van der Waals surface area contributed by atoms with Crippen molar-refractivity contribution >= 4 is 10.0 Å². The fourth-order valence-electron chi connectivity index (χ4n) is 1.54. The molecular formula is C12H19NO4S. The third-order valence-corrected chi connectivity index (χ3v) is 3.46. The third kappa shape index (κ3) is 5.37. The normalized spacial score (nSPS) is 12.2. The molecule has 1 rings (SSSR count). The summed E-state index contributed by atoms with van der Waals surface area (Å²) in [5.41, 5.74) is -0.534. The molecule has 0 radical (unpaired) electrons. The minimum absolute atomic E-state index is 0.115. The summed E-state index contributed by atoms with van der Waals surface area (Å²) in [6.07, 6.45) is 0. The van der Waals surface area contributed by atoms with Gasteiger partial charge in [-0.25, -0.2) is 13.6 Å². The Hall–Kier alpha value is -1.27. The van der Waals surface area contributed by atoms with Gasteiger partial charge >= 0.3 is 0 Å². The molecular weight excluding hydrogens is 254 g/mol. The first-order valence-corrected chi connectivity index (χ1v) is 7.21. The Morgan fingerprint density at radius 1 is 1.17 bits per heavy atom. The quantitative estimate of drug-likeness (QED) is 0.849. The highest BCUT2D eigenvalue weighted by Gasteiger charge is 2.24. The van der Waals surface area contributed by atoms with Crippen LogP contribution < -0.4 is 14.6 Å². The van der Waals surface area contributed by atoms with E-state index in [9.17, 15) is 8.42 Å². The number of rotatable bonds is 6. The Labute approximate surface area is 108 Å². The molecule has 0 spiro atoms. The van der Waals surface area contributed by atoms with Crippen molar-refractivity contribution in [1.82, 2.24) is 0 Å². The number of primary sulfonamides is 1. The van der Waals surface area contributed by atoms with Crippen molar-refractivity contribution in [1.29, 1.82) is 0 Å². The molecule has 5 nitrogen and oxygen atoms in total. The monoisotopic (exact) mass is 273 g/mol. The molecule has 0 heterocycles. The lowest BCUT2D eigenvalue weighted by Crippen LogP contribution is -2.33. The second-order valence-electron chi connectivity index (χ2n) is 4.94.